The largest absolute Gasteiger partial charge is 0.469 e. The molecule has 0 saturated carbocycles. The number of hydrogen-bond acceptors (Lipinski definition) is 8. The van der Waals surface area contributed by atoms with Crippen molar-refractivity contribution >= 4 is 34.7 Å². The number of esters is 2. The lowest BCUT2D eigenvalue weighted by atomic mass is 10.1. The topological polar surface area (TPSA) is 102 Å². The number of hydrogen-bond donors (Lipinski definition) is 0. The Kier molecular flexibility index (Phi) is 7.04. The smallest absolute Gasteiger partial charge is 0.360 e. The van der Waals surface area contributed by atoms with Crippen molar-refractivity contribution in [3.8, 4) is 0 Å². The van der Waals surface area contributed by atoms with E-state index in [1.165, 1.54) is 7.11 Å². The van der Waals surface area contributed by atoms with Crippen molar-refractivity contribution in [1.29, 1.82) is 0 Å². The highest BCUT2D eigenvalue weighted by molar-refractivity contribution is 5.95. The Morgan fingerprint density at radius 3 is 2.16 bits per heavy atom. The molecule has 0 radical (unpaired) electrons. The van der Waals surface area contributed by atoms with Gasteiger partial charge in [-0.1, -0.05) is 0 Å². The Labute approximate surface area is 181 Å². The van der Waals surface area contributed by atoms with Gasteiger partial charge in [-0.3, -0.25) is 9.59 Å². The van der Waals surface area contributed by atoms with Crippen LogP contribution in [0.2, 0.25) is 0 Å². The standard InChI is InChI=1S/C22H28N4O5/c1-5-31-22(29)20-21(24-17-13-15(3)14(2)12-16(17)23-20)26-10-8-25(9-11-26)18(27)6-7-19(28)30-4/h12-13H,5-11H2,1-4H3. The van der Waals surface area contributed by atoms with Gasteiger partial charge < -0.3 is 19.3 Å². The number of carbonyl (C=O) groups excluding carboxylic acids is 3. The number of rotatable bonds is 6. The Morgan fingerprint density at radius 2 is 1.58 bits per heavy atom. The van der Waals surface area contributed by atoms with Crippen molar-refractivity contribution in [3.05, 3.63) is 29.0 Å². The first-order valence-corrected chi connectivity index (χ1v) is 10.4. The molecule has 0 atom stereocenters. The maximum absolute atomic E-state index is 12.6. The van der Waals surface area contributed by atoms with E-state index in [0.29, 0.717) is 43.0 Å². The average Bonchev–Trinajstić information content (AvgIpc) is 2.77. The van der Waals surface area contributed by atoms with Gasteiger partial charge in [0.15, 0.2) is 11.5 Å². The Morgan fingerprint density at radius 1 is 0.968 bits per heavy atom. The van der Waals surface area contributed by atoms with Crippen LogP contribution in [0.3, 0.4) is 0 Å². The molecule has 2 heterocycles. The Hall–Kier alpha value is -3.23. The molecule has 9 heteroatoms. The molecule has 1 aliphatic heterocycles. The number of piperazine rings is 1. The first kappa shape index (κ1) is 22.5. The van der Waals surface area contributed by atoms with E-state index in [2.05, 4.69) is 9.72 Å². The molecule has 1 fully saturated rings. The molecular weight excluding hydrogens is 400 g/mol. The van der Waals surface area contributed by atoms with E-state index in [4.69, 9.17) is 9.72 Å². The fourth-order valence-corrected chi connectivity index (χ4v) is 3.50. The Balaban J connectivity index is 1.82. The monoisotopic (exact) mass is 428 g/mol. The number of benzene rings is 1. The van der Waals surface area contributed by atoms with Gasteiger partial charge in [0.2, 0.25) is 5.91 Å². The van der Waals surface area contributed by atoms with Crippen LogP contribution in [-0.4, -0.2) is 72.6 Å². The van der Waals surface area contributed by atoms with Gasteiger partial charge in [0.1, 0.15) is 0 Å². The number of anilines is 1. The summed E-state index contributed by atoms with van der Waals surface area (Å²) in [6, 6.07) is 3.88. The number of aromatic nitrogens is 2. The third-order valence-electron chi connectivity index (χ3n) is 5.43. The zero-order chi connectivity index (χ0) is 22.5. The molecule has 0 spiro atoms. The third kappa shape index (κ3) is 5.10. The average molecular weight is 428 g/mol. The SMILES string of the molecule is CCOC(=O)c1nc2cc(C)c(C)cc2nc1N1CCN(C(=O)CCC(=O)OC)CC1. The van der Waals surface area contributed by atoms with E-state index in [0.717, 1.165) is 11.1 Å². The molecule has 1 amide bonds. The summed E-state index contributed by atoms with van der Waals surface area (Å²) in [6.07, 6.45) is 0.187. The summed E-state index contributed by atoms with van der Waals surface area (Å²) >= 11 is 0. The van der Waals surface area contributed by atoms with E-state index in [1.807, 2.05) is 30.9 Å². The van der Waals surface area contributed by atoms with Crippen molar-refractivity contribution in [3.63, 3.8) is 0 Å². The van der Waals surface area contributed by atoms with E-state index >= 15 is 0 Å². The summed E-state index contributed by atoms with van der Waals surface area (Å²) < 4.78 is 9.80. The number of ether oxygens (including phenoxy) is 2. The second-order valence-electron chi connectivity index (χ2n) is 7.49. The predicted molar refractivity (Wildman–Crippen MR) is 115 cm³/mol. The first-order valence-electron chi connectivity index (χ1n) is 10.4. The molecule has 1 aromatic heterocycles. The molecule has 0 unspecified atom stereocenters. The third-order valence-corrected chi connectivity index (χ3v) is 5.43. The van der Waals surface area contributed by atoms with E-state index in [9.17, 15) is 14.4 Å². The van der Waals surface area contributed by atoms with Crippen LogP contribution >= 0.6 is 0 Å². The minimum atomic E-state index is -0.512. The van der Waals surface area contributed by atoms with Gasteiger partial charge in [0, 0.05) is 32.6 Å². The molecule has 0 N–H and O–H groups in total. The number of methoxy groups -OCH3 is 1. The minimum Gasteiger partial charge on any atom is -0.469 e. The van der Waals surface area contributed by atoms with Crippen LogP contribution in [0.4, 0.5) is 5.82 Å². The molecule has 1 saturated heterocycles. The van der Waals surface area contributed by atoms with Crippen LogP contribution < -0.4 is 4.90 Å². The molecule has 1 aromatic carbocycles. The zero-order valence-electron chi connectivity index (χ0n) is 18.4. The van der Waals surface area contributed by atoms with Crippen LogP contribution in [0.15, 0.2) is 12.1 Å². The molecule has 9 nitrogen and oxygen atoms in total. The molecule has 166 valence electrons. The highest BCUT2D eigenvalue weighted by Crippen LogP contribution is 2.25. The van der Waals surface area contributed by atoms with Crippen molar-refractivity contribution in [2.45, 2.75) is 33.6 Å². The molecule has 3 rings (SSSR count). The minimum absolute atomic E-state index is 0.0669. The fraction of sp³-hybridized carbons (Fsp3) is 0.500. The van der Waals surface area contributed by atoms with Gasteiger partial charge in [-0.25, -0.2) is 14.8 Å². The van der Waals surface area contributed by atoms with Crippen LogP contribution in [-0.2, 0) is 19.1 Å². The van der Waals surface area contributed by atoms with Crippen LogP contribution in [0.1, 0.15) is 41.4 Å². The highest BCUT2D eigenvalue weighted by Gasteiger charge is 2.27. The fourth-order valence-electron chi connectivity index (χ4n) is 3.50. The van der Waals surface area contributed by atoms with Crippen LogP contribution in [0.25, 0.3) is 11.0 Å². The molecule has 2 aromatic rings. The van der Waals surface area contributed by atoms with Crippen LogP contribution in [0, 0.1) is 13.8 Å². The summed E-state index contributed by atoms with van der Waals surface area (Å²) in [5.41, 5.74) is 3.71. The summed E-state index contributed by atoms with van der Waals surface area (Å²) in [5.74, 6) is -0.535. The Bertz CT molecular complexity index is 999. The van der Waals surface area contributed by atoms with Gasteiger partial charge >= 0.3 is 11.9 Å². The van der Waals surface area contributed by atoms with Gasteiger partial charge in [-0.15, -0.1) is 0 Å². The number of nitrogens with zero attached hydrogens (tertiary/aromatic N) is 4. The molecule has 0 bridgehead atoms. The molecule has 31 heavy (non-hydrogen) atoms. The number of aryl methyl sites for hydroxylation is 2. The van der Waals surface area contributed by atoms with Crippen LogP contribution in [0.5, 0.6) is 0 Å². The summed E-state index contributed by atoms with van der Waals surface area (Å²) in [5, 5.41) is 0. The second kappa shape index (κ2) is 9.72. The summed E-state index contributed by atoms with van der Waals surface area (Å²) in [4.78, 5) is 49.2. The van der Waals surface area contributed by atoms with Gasteiger partial charge in [0.05, 0.1) is 31.2 Å². The van der Waals surface area contributed by atoms with Crippen molar-refractivity contribution in [2.24, 2.45) is 0 Å². The van der Waals surface area contributed by atoms with Crippen molar-refractivity contribution in [2.75, 3.05) is 44.8 Å². The predicted octanol–water partition coefficient (Wildman–Crippen LogP) is 2.03. The normalized spacial score (nSPS) is 13.9. The lowest BCUT2D eigenvalue weighted by Gasteiger charge is -2.36. The number of amides is 1. The molecular formula is C22H28N4O5. The maximum atomic E-state index is 12.6. The van der Waals surface area contributed by atoms with Crippen molar-refractivity contribution in [1.82, 2.24) is 14.9 Å². The zero-order valence-corrected chi connectivity index (χ0v) is 18.4. The highest BCUT2D eigenvalue weighted by atomic mass is 16.5. The van der Waals surface area contributed by atoms with Gasteiger partial charge in [0.25, 0.3) is 0 Å². The second-order valence-corrected chi connectivity index (χ2v) is 7.49. The lowest BCUT2D eigenvalue weighted by molar-refractivity contribution is -0.143. The van der Waals surface area contributed by atoms with E-state index in [1.54, 1.807) is 11.8 Å². The quantitative estimate of drug-likeness (QED) is 0.644. The lowest BCUT2D eigenvalue weighted by Crippen LogP contribution is -2.49. The van der Waals surface area contributed by atoms with E-state index in [-0.39, 0.29) is 31.0 Å². The number of fused-ring (bicyclic) bond motifs is 1. The maximum Gasteiger partial charge on any atom is 0.360 e. The van der Waals surface area contributed by atoms with Crippen molar-refractivity contribution < 1.29 is 23.9 Å². The number of carbonyl (C=O) groups is 3. The van der Waals surface area contributed by atoms with E-state index < -0.39 is 11.9 Å². The first-order chi connectivity index (χ1) is 14.8. The molecule has 0 aliphatic carbocycles. The van der Waals surface area contributed by atoms with Gasteiger partial charge in [-0.05, 0) is 44.0 Å². The summed E-state index contributed by atoms with van der Waals surface area (Å²) in [6.45, 7) is 7.93. The van der Waals surface area contributed by atoms with Gasteiger partial charge in [-0.2, -0.15) is 0 Å². The molecule has 1 aliphatic rings. The summed E-state index contributed by atoms with van der Waals surface area (Å²) in [7, 11) is 1.31.